The van der Waals surface area contributed by atoms with Gasteiger partial charge in [0.15, 0.2) is 0 Å². The number of aryl methyl sites for hydroxylation is 1. The second kappa shape index (κ2) is 8.25. The first-order chi connectivity index (χ1) is 16.2. The summed E-state index contributed by atoms with van der Waals surface area (Å²) in [6, 6.07) is 14.3. The molecule has 2 heterocycles. The van der Waals surface area contributed by atoms with Crippen molar-refractivity contribution in [3.63, 3.8) is 0 Å². The van der Waals surface area contributed by atoms with Gasteiger partial charge in [-0.05, 0) is 66.4 Å². The number of halogens is 4. The van der Waals surface area contributed by atoms with Crippen molar-refractivity contribution in [2.45, 2.75) is 24.6 Å². The fourth-order valence-corrected chi connectivity index (χ4v) is 3.94. The molecule has 1 aliphatic heterocycles. The predicted octanol–water partition coefficient (Wildman–Crippen LogP) is 5.64. The molecule has 0 bridgehead atoms. The molecule has 1 atom stereocenters. The van der Waals surface area contributed by atoms with Crippen molar-refractivity contribution in [1.29, 1.82) is 0 Å². The fraction of sp³-hybridized carbons (Fsp3) is 0.200. The third-order valence-corrected chi connectivity index (χ3v) is 5.86. The summed E-state index contributed by atoms with van der Waals surface area (Å²) in [6.45, 7) is -1.03. The number of aromatic nitrogens is 2. The number of fused-ring (bicyclic) bond motifs is 2. The summed E-state index contributed by atoms with van der Waals surface area (Å²) in [4.78, 5) is 4.25. The molecule has 1 N–H and O–H groups in total. The number of ether oxygens (including phenoxy) is 1. The third-order valence-electron chi connectivity index (χ3n) is 5.86. The standard InChI is InChI=1S/C25H19F4N3O2/c26-19-5-7-20(8-6-19)32-23-10-4-18(12-17(23)14-31-32)24(33,25(27,28)29)15-34-21-9-3-16-2-1-11-30-22(16)13-21/h3-14,33H,1-2,15H2. The van der Waals surface area contributed by atoms with E-state index in [9.17, 15) is 22.7 Å². The lowest BCUT2D eigenvalue weighted by atomic mass is 9.93. The molecule has 5 rings (SSSR count). The molecule has 0 saturated heterocycles. The summed E-state index contributed by atoms with van der Waals surface area (Å²) in [5.74, 6) is -0.228. The quantitative estimate of drug-likeness (QED) is 0.385. The van der Waals surface area contributed by atoms with Crippen LogP contribution in [0.25, 0.3) is 16.6 Å². The Morgan fingerprint density at radius 1 is 1.00 bits per heavy atom. The first-order valence-corrected chi connectivity index (χ1v) is 10.6. The highest BCUT2D eigenvalue weighted by Crippen LogP contribution is 2.41. The highest BCUT2D eigenvalue weighted by Gasteiger charge is 2.56. The monoisotopic (exact) mass is 469 g/mol. The van der Waals surface area contributed by atoms with Crippen LogP contribution in [0, 0.1) is 5.82 Å². The second-order valence-corrected chi connectivity index (χ2v) is 8.09. The van der Waals surface area contributed by atoms with Crippen LogP contribution in [0.1, 0.15) is 17.5 Å². The number of rotatable bonds is 5. The third kappa shape index (κ3) is 3.92. The van der Waals surface area contributed by atoms with E-state index in [1.807, 2.05) is 0 Å². The van der Waals surface area contributed by atoms with E-state index in [2.05, 4.69) is 10.1 Å². The van der Waals surface area contributed by atoms with Gasteiger partial charge in [-0.3, -0.25) is 4.99 Å². The Hall–Kier alpha value is -3.72. The topological polar surface area (TPSA) is 59.6 Å². The largest absolute Gasteiger partial charge is 0.490 e. The van der Waals surface area contributed by atoms with Crippen LogP contribution in [0.4, 0.5) is 23.2 Å². The van der Waals surface area contributed by atoms with Gasteiger partial charge in [0.25, 0.3) is 0 Å². The van der Waals surface area contributed by atoms with E-state index >= 15 is 0 Å². The van der Waals surface area contributed by atoms with Crippen molar-refractivity contribution in [3.8, 4) is 11.4 Å². The van der Waals surface area contributed by atoms with E-state index < -0.39 is 24.2 Å². The van der Waals surface area contributed by atoms with Gasteiger partial charge in [0.05, 0.1) is 23.1 Å². The maximum atomic E-state index is 14.1. The lowest BCUT2D eigenvalue weighted by Gasteiger charge is -2.31. The van der Waals surface area contributed by atoms with Crippen molar-refractivity contribution in [3.05, 3.63) is 83.8 Å². The molecule has 1 aromatic heterocycles. The van der Waals surface area contributed by atoms with Crippen molar-refractivity contribution >= 4 is 22.8 Å². The van der Waals surface area contributed by atoms with Crippen molar-refractivity contribution in [2.75, 3.05) is 6.61 Å². The molecule has 9 heteroatoms. The van der Waals surface area contributed by atoms with Crippen LogP contribution in [0.5, 0.6) is 5.75 Å². The van der Waals surface area contributed by atoms with Gasteiger partial charge < -0.3 is 9.84 Å². The molecular weight excluding hydrogens is 450 g/mol. The van der Waals surface area contributed by atoms with Crippen molar-refractivity contribution < 1.29 is 27.4 Å². The predicted molar refractivity (Wildman–Crippen MR) is 119 cm³/mol. The van der Waals surface area contributed by atoms with Crippen LogP contribution >= 0.6 is 0 Å². The highest BCUT2D eigenvalue weighted by atomic mass is 19.4. The molecule has 0 saturated carbocycles. The first kappa shape index (κ1) is 22.1. The summed E-state index contributed by atoms with van der Waals surface area (Å²) in [5, 5.41) is 15.4. The van der Waals surface area contributed by atoms with Crippen LogP contribution in [0.3, 0.4) is 0 Å². The maximum Gasteiger partial charge on any atom is 0.424 e. The summed E-state index contributed by atoms with van der Waals surface area (Å²) in [6.07, 6.45) is -0.251. The molecule has 0 amide bonds. The maximum absolute atomic E-state index is 14.1. The molecule has 1 aliphatic rings. The summed E-state index contributed by atoms with van der Waals surface area (Å²) in [5.41, 5.74) is -0.930. The number of nitrogens with zero attached hydrogens (tertiary/aromatic N) is 3. The van der Waals surface area contributed by atoms with Crippen molar-refractivity contribution in [1.82, 2.24) is 9.78 Å². The van der Waals surface area contributed by atoms with Gasteiger partial charge in [0, 0.05) is 17.7 Å². The number of aliphatic hydroxyl groups is 1. The van der Waals surface area contributed by atoms with E-state index in [1.165, 1.54) is 53.3 Å². The van der Waals surface area contributed by atoms with Gasteiger partial charge in [-0.2, -0.15) is 18.3 Å². The first-order valence-electron chi connectivity index (χ1n) is 10.6. The van der Waals surface area contributed by atoms with Gasteiger partial charge in [0.2, 0.25) is 5.60 Å². The molecule has 1 unspecified atom stereocenters. The van der Waals surface area contributed by atoms with Crippen LogP contribution in [-0.2, 0) is 12.0 Å². The minimum atomic E-state index is -5.00. The Labute approximate surface area is 191 Å². The average molecular weight is 469 g/mol. The zero-order chi connectivity index (χ0) is 23.9. The second-order valence-electron chi connectivity index (χ2n) is 8.09. The van der Waals surface area contributed by atoms with E-state index in [4.69, 9.17) is 4.74 Å². The number of hydrogen-bond donors (Lipinski definition) is 1. The Balaban J connectivity index is 1.46. The SMILES string of the molecule is OC(COc1ccc2c(c1)N=CCC2)(c1ccc2c(cnn2-c2ccc(F)cc2)c1)C(F)(F)F. The fourth-order valence-electron chi connectivity index (χ4n) is 3.94. The van der Waals surface area contributed by atoms with Crippen molar-refractivity contribution in [2.24, 2.45) is 4.99 Å². The van der Waals surface area contributed by atoms with Gasteiger partial charge in [0.1, 0.15) is 18.2 Å². The Morgan fingerprint density at radius 3 is 2.56 bits per heavy atom. The Kier molecular flexibility index (Phi) is 5.36. The molecule has 0 spiro atoms. The zero-order valence-electron chi connectivity index (χ0n) is 17.8. The van der Waals surface area contributed by atoms with Gasteiger partial charge in [-0.1, -0.05) is 12.1 Å². The molecule has 4 aromatic rings. The zero-order valence-corrected chi connectivity index (χ0v) is 17.8. The number of benzene rings is 3. The Morgan fingerprint density at radius 2 is 1.79 bits per heavy atom. The molecular formula is C25H19F4N3O2. The van der Waals surface area contributed by atoms with Gasteiger partial charge >= 0.3 is 6.18 Å². The van der Waals surface area contributed by atoms with Crippen LogP contribution in [0.15, 0.2) is 71.9 Å². The van der Waals surface area contributed by atoms with Crippen LogP contribution in [0.2, 0.25) is 0 Å². The van der Waals surface area contributed by atoms with Gasteiger partial charge in [-0.25, -0.2) is 9.07 Å². The molecule has 34 heavy (non-hydrogen) atoms. The number of alkyl halides is 3. The lowest BCUT2D eigenvalue weighted by molar-refractivity contribution is -0.275. The van der Waals surface area contributed by atoms with Crippen LogP contribution < -0.4 is 4.74 Å². The number of aliphatic imine (C=N–C) groups is 1. The molecule has 3 aromatic carbocycles. The minimum absolute atomic E-state index is 0.186. The highest BCUT2D eigenvalue weighted by molar-refractivity contribution is 5.81. The van der Waals surface area contributed by atoms with E-state index in [-0.39, 0.29) is 11.3 Å². The summed E-state index contributed by atoms with van der Waals surface area (Å²) in [7, 11) is 0. The molecule has 0 aliphatic carbocycles. The Bertz CT molecular complexity index is 1380. The summed E-state index contributed by atoms with van der Waals surface area (Å²) < 4.78 is 62.3. The molecule has 5 nitrogen and oxygen atoms in total. The minimum Gasteiger partial charge on any atom is -0.490 e. The summed E-state index contributed by atoms with van der Waals surface area (Å²) >= 11 is 0. The van der Waals surface area contributed by atoms with E-state index in [0.717, 1.165) is 18.4 Å². The smallest absolute Gasteiger partial charge is 0.424 e. The van der Waals surface area contributed by atoms with E-state index in [1.54, 1.807) is 24.4 Å². The molecule has 0 fully saturated rings. The lowest BCUT2D eigenvalue weighted by Crippen LogP contribution is -2.47. The van der Waals surface area contributed by atoms with Gasteiger partial charge in [-0.15, -0.1) is 0 Å². The molecule has 0 radical (unpaired) electrons. The average Bonchev–Trinajstić information content (AvgIpc) is 3.25. The normalized spacial score (nSPS) is 15.2. The van der Waals surface area contributed by atoms with E-state index in [0.29, 0.717) is 22.3 Å². The van der Waals surface area contributed by atoms with Crippen LogP contribution in [-0.4, -0.2) is 33.9 Å². The molecule has 174 valence electrons. The number of hydrogen-bond acceptors (Lipinski definition) is 4.